The Labute approximate surface area is 148 Å². The average Bonchev–Trinajstić information content (AvgIpc) is 3.02. The van der Waals surface area contributed by atoms with Crippen LogP contribution in [0.25, 0.3) is 0 Å². The molecule has 0 radical (unpaired) electrons. The molecule has 2 saturated carbocycles. The molecule has 1 heterocycles. The predicted molar refractivity (Wildman–Crippen MR) is 97.9 cm³/mol. The molecule has 5 heteroatoms. The van der Waals surface area contributed by atoms with Crippen LogP contribution in [0.5, 0.6) is 0 Å². The number of carbonyl (C=O) groups is 1. The number of carbonyl (C=O) groups excluding carboxylic acids is 1. The van der Waals surface area contributed by atoms with E-state index in [1.54, 1.807) is 6.20 Å². The standard InChI is InChI=1S/C20H26N4O/c21-19-15-7-4-8-16(19)12-17(11-15)20(25)23-18-9-10-22-24(18)13-14-5-2-1-3-6-14/h1-3,5-6,9-10,15-17,19H,4,7-8,11-13,21H2,(H,23,25). The largest absolute Gasteiger partial charge is 0.327 e. The van der Waals surface area contributed by atoms with Crippen LogP contribution in [0.1, 0.15) is 37.7 Å². The van der Waals surface area contributed by atoms with Crippen LogP contribution < -0.4 is 11.1 Å². The summed E-state index contributed by atoms with van der Waals surface area (Å²) in [6, 6.07) is 12.3. The zero-order chi connectivity index (χ0) is 17.2. The van der Waals surface area contributed by atoms with Crippen LogP contribution in [-0.2, 0) is 11.3 Å². The van der Waals surface area contributed by atoms with Crippen molar-refractivity contribution in [1.82, 2.24) is 9.78 Å². The lowest BCUT2D eigenvalue weighted by atomic mass is 9.65. The number of nitrogens with two attached hydrogens (primary N) is 1. The van der Waals surface area contributed by atoms with Crippen LogP contribution in [0, 0.1) is 17.8 Å². The van der Waals surface area contributed by atoms with E-state index in [4.69, 9.17) is 5.73 Å². The van der Waals surface area contributed by atoms with Gasteiger partial charge in [-0.3, -0.25) is 4.79 Å². The Bertz CT molecular complexity index is 712. The van der Waals surface area contributed by atoms with E-state index in [0.29, 0.717) is 24.4 Å². The summed E-state index contributed by atoms with van der Waals surface area (Å²) in [6.07, 6.45) is 7.21. The molecular weight excluding hydrogens is 312 g/mol. The quantitative estimate of drug-likeness (QED) is 0.900. The summed E-state index contributed by atoms with van der Waals surface area (Å²) in [5.74, 6) is 2.00. The summed E-state index contributed by atoms with van der Waals surface area (Å²) in [5, 5.41) is 7.47. The maximum atomic E-state index is 12.8. The minimum absolute atomic E-state index is 0.0789. The Kier molecular flexibility index (Phi) is 4.57. The molecule has 2 atom stereocenters. The van der Waals surface area contributed by atoms with Gasteiger partial charge >= 0.3 is 0 Å². The fraction of sp³-hybridized carbons (Fsp3) is 0.500. The second-order valence-corrected chi connectivity index (χ2v) is 7.55. The number of benzene rings is 1. The number of hydrogen-bond acceptors (Lipinski definition) is 3. The van der Waals surface area contributed by atoms with Crippen LogP contribution in [0.4, 0.5) is 5.82 Å². The minimum atomic E-state index is 0.0789. The van der Waals surface area contributed by atoms with Crippen molar-refractivity contribution in [3.05, 3.63) is 48.2 Å². The Morgan fingerprint density at radius 2 is 1.88 bits per heavy atom. The van der Waals surface area contributed by atoms with Gasteiger partial charge < -0.3 is 11.1 Å². The third kappa shape index (κ3) is 3.47. The number of nitrogens with one attached hydrogen (secondary N) is 1. The summed E-state index contributed by atoms with van der Waals surface area (Å²) in [5.41, 5.74) is 7.51. The molecule has 2 fully saturated rings. The van der Waals surface area contributed by atoms with Crippen molar-refractivity contribution >= 4 is 11.7 Å². The number of aromatic nitrogens is 2. The maximum Gasteiger partial charge on any atom is 0.228 e. The number of fused-ring (bicyclic) bond motifs is 2. The lowest BCUT2D eigenvalue weighted by Crippen LogP contribution is -2.48. The first-order chi connectivity index (χ1) is 12.2. The number of rotatable bonds is 4. The average molecular weight is 338 g/mol. The second-order valence-electron chi connectivity index (χ2n) is 7.55. The summed E-state index contributed by atoms with van der Waals surface area (Å²) in [6.45, 7) is 0.657. The lowest BCUT2D eigenvalue weighted by Gasteiger charge is -2.43. The normalized spacial score (nSPS) is 28.5. The van der Waals surface area contributed by atoms with Gasteiger partial charge in [0.05, 0.1) is 12.7 Å². The fourth-order valence-electron chi connectivity index (χ4n) is 4.55. The van der Waals surface area contributed by atoms with Crippen molar-refractivity contribution in [2.75, 3.05) is 5.32 Å². The summed E-state index contributed by atoms with van der Waals surface area (Å²) in [4.78, 5) is 12.8. The number of hydrogen-bond donors (Lipinski definition) is 2. The Morgan fingerprint density at radius 1 is 1.16 bits per heavy atom. The topological polar surface area (TPSA) is 72.9 Å². The predicted octanol–water partition coefficient (Wildman–Crippen LogP) is 3.02. The first-order valence-electron chi connectivity index (χ1n) is 9.33. The van der Waals surface area contributed by atoms with E-state index in [2.05, 4.69) is 22.5 Å². The lowest BCUT2D eigenvalue weighted by molar-refractivity contribution is -0.122. The van der Waals surface area contributed by atoms with E-state index in [1.165, 1.54) is 24.8 Å². The first kappa shape index (κ1) is 16.3. The summed E-state index contributed by atoms with van der Waals surface area (Å²) in [7, 11) is 0. The van der Waals surface area contributed by atoms with Crippen LogP contribution in [0.3, 0.4) is 0 Å². The molecule has 1 aromatic carbocycles. The van der Waals surface area contributed by atoms with E-state index in [0.717, 1.165) is 18.7 Å². The smallest absolute Gasteiger partial charge is 0.228 e. The molecule has 0 aliphatic heterocycles. The van der Waals surface area contributed by atoms with Gasteiger partial charge in [0.2, 0.25) is 5.91 Å². The number of nitrogens with zero attached hydrogens (tertiary/aromatic N) is 2. The fourth-order valence-corrected chi connectivity index (χ4v) is 4.55. The maximum absolute atomic E-state index is 12.8. The van der Waals surface area contributed by atoms with Crippen molar-refractivity contribution in [3.8, 4) is 0 Å². The van der Waals surface area contributed by atoms with Gasteiger partial charge in [-0.1, -0.05) is 36.8 Å². The molecular formula is C20H26N4O. The van der Waals surface area contributed by atoms with Crippen molar-refractivity contribution in [1.29, 1.82) is 0 Å². The molecule has 5 nitrogen and oxygen atoms in total. The molecule has 2 bridgehead atoms. The number of anilines is 1. The molecule has 2 aliphatic rings. The Hall–Kier alpha value is -2.14. The van der Waals surface area contributed by atoms with E-state index in [-0.39, 0.29) is 11.8 Å². The van der Waals surface area contributed by atoms with Gasteiger partial charge in [-0.2, -0.15) is 5.10 Å². The van der Waals surface area contributed by atoms with Crippen LogP contribution in [0.15, 0.2) is 42.6 Å². The highest BCUT2D eigenvalue weighted by molar-refractivity contribution is 5.91. The molecule has 0 saturated heterocycles. The highest BCUT2D eigenvalue weighted by Crippen LogP contribution is 2.42. The molecule has 1 amide bonds. The SMILES string of the molecule is NC1C2CCCC1CC(C(=O)Nc1ccnn1Cc1ccccc1)C2. The van der Waals surface area contributed by atoms with E-state index in [1.807, 2.05) is 28.9 Å². The first-order valence-corrected chi connectivity index (χ1v) is 9.33. The highest BCUT2D eigenvalue weighted by Gasteiger charge is 2.40. The molecule has 2 aromatic rings. The third-order valence-electron chi connectivity index (χ3n) is 5.93. The molecule has 25 heavy (non-hydrogen) atoms. The van der Waals surface area contributed by atoms with Gasteiger partial charge in [0, 0.05) is 18.0 Å². The minimum Gasteiger partial charge on any atom is -0.327 e. The van der Waals surface area contributed by atoms with Gasteiger partial charge in [0.15, 0.2) is 0 Å². The molecule has 2 aliphatic carbocycles. The van der Waals surface area contributed by atoms with Crippen molar-refractivity contribution in [2.45, 2.75) is 44.7 Å². The zero-order valence-electron chi connectivity index (χ0n) is 14.5. The van der Waals surface area contributed by atoms with Crippen LogP contribution >= 0.6 is 0 Å². The van der Waals surface area contributed by atoms with Crippen molar-refractivity contribution in [2.24, 2.45) is 23.5 Å². The van der Waals surface area contributed by atoms with Crippen LogP contribution in [0.2, 0.25) is 0 Å². The third-order valence-corrected chi connectivity index (χ3v) is 5.93. The van der Waals surface area contributed by atoms with E-state index in [9.17, 15) is 4.79 Å². The molecule has 4 rings (SSSR count). The number of amides is 1. The second kappa shape index (κ2) is 7.00. The van der Waals surface area contributed by atoms with Gasteiger partial charge in [0.1, 0.15) is 5.82 Å². The molecule has 132 valence electrons. The van der Waals surface area contributed by atoms with Gasteiger partial charge in [-0.15, -0.1) is 0 Å². The van der Waals surface area contributed by atoms with Crippen molar-refractivity contribution in [3.63, 3.8) is 0 Å². The molecule has 3 N–H and O–H groups in total. The summed E-state index contributed by atoms with van der Waals surface area (Å²) < 4.78 is 1.85. The molecule has 1 aromatic heterocycles. The Balaban J connectivity index is 1.43. The van der Waals surface area contributed by atoms with Gasteiger partial charge in [-0.05, 0) is 43.1 Å². The zero-order valence-corrected chi connectivity index (χ0v) is 14.5. The van der Waals surface area contributed by atoms with Crippen LogP contribution in [-0.4, -0.2) is 21.7 Å². The van der Waals surface area contributed by atoms with Crippen molar-refractivity contribution < 1.29 is 4.79 Å². The van der Waals surface area contributed by atoms with Gasteiger partial charge in [0.25, 0.3) is 0 Å². The van der Waals surface area contributed by atoms with E-state index >= 15 is 0 Å². The highest BCUT2D eigenvalue weighted by atomic mass is 16.2. The Morgan fingerprint density at radius 3 is 2.60 bits per heavy atom. The monoisotopic (exact) mass is 338 g/mol. The summed E-state index contributed by atoms with van der Waals surface area (Å²) >= 11 is 0. The molecule has 0 spiro atoms. The molecule has 2 unspecified atom stereocenters. The van der Waals surface area contributed by atoms with E-state index < -0.39 is 0 Å². The van der Waals surface area contributed by atoms with Gasteiger partial charge in [-0.25, -0.2) is 4.68 Å².